The standard InChI is InChI=1S/C31H30N4O3S/c1-38-26-14-12-23(13-15-26)21-35-22-28(24-8-7-9-25(20-24)34-18-5-6-19-34)30-29(16-17-32-31(30)35)33-39(36,37)27-10-3-2-4-11-27/h2-4,7-17,20,22H,5-6,18-19,21H2,1H3,(H,32,33). The number of sulfonamides is 1. The minimum atomic E-state index is -3.79. The summed E-state index contributed by atoms with van der Waals surface area (Å²) in [4.78, 5) is 7.33. The van der Waals surface area contributed by atoms with E-state index in [-0.39, 0.29) is 4.90 Å². The maximum atomic E-state index is 13.3. The van der Waals surface area contributed by atoms with Crippen LogP contribution in [-0.4, -0.2) is 38.2 Å². The Kier molecular flexibility index (Phi) is 6.70. The summed E-state index contributed by atoms with van der Waals surface area (Å²) in [6, 6.07) is 26.6. The van der Waals surface area contributed by atoms with Crippen LogP contribution in [0, 0.1) is 0 Å². The van der Waals surface area contributed by atoms with Gasteiger partial charge in [-0.1, -0.05) is 42.5 Å². The number of hydrogen-bond donors (Lipinski definition) is 1. The molecule has 0 amide bonds. The second-order valence-corrected chi connectivity index (χ2v) is 11.4. The summed E-state index contributed by atoms with van der Waals surface area (Å²) >= 11 is 0. The molecule has 1 fully saturated rings. The molecule has 5 aromatic rings. The molecule has 7 nitrogen and oxygen atoms in total. The molecule has 1 saturated heterocycles. The fraction of sp³-hybridized carbons (Fsp3) is 0.194. The van der Waals surface area contributed by atoms with Crippen LogP contribution in [0.1, 0.15) is 18.4 Å². The molecule has 0 radical (unpaired) electrons. The zero-order valence-corrected chi connectivity index (χ0v) is 22.6. The fourth-order valence-corrected chi connectivity index (χ4v) is 6.31. The van der Waals surface area contributed by atoms with Crippen molar-refractivity contribution in [3.8, 4) is 16.9 Å². The lowest BCUT2D eigenvalue weighted by Crippen LogP contribution is -2.17. The number of rotatable bonds is 8. The molecule has 198 valence electrons. The van der Waals surface area contributed by atoms with Gasteiger partial charge in [-0.15, -0.1) is 0 Å². The molecule has 39 heavy (non-hydrogen) atoms. The van der Waals surface area contributed by atoms with Gasteiger partial charge in [-0.3, -0.25) is 4.72 Å². The van der Waals surface area contributed by atoms with Crippen molar-refractivity contribution in [2.24, 2.45) is 0 Å². The van der Waals surface area contributed by atoms with Crippen LogP contribution in [0.4, 0.5) is 11.4 Å². The zero-order chi connectivity index (χ0) is 26.8. The Morgan fingerprint density at radius 1 is 0.923 bits per heavy atom. The highest BCUT2D eigenvalue weighted by Crippen LogP contribution is 2.37. The molecule has 0 bridgehead atoms. The van der Waals surface area contributed by atoms with Crippen LogP contribution in [-0.2, 0) is 16.6 Å². The topological polar surface area (TPSA) is 76.5 Å². The first-order valence-corrected chi connectivity index (χ1v) is 14.5. The van der Waals surface area contributed by atoms with Gasteiger partial charge in [0.25, 0.3) is 10.0 Å². The van der Waals surface area contributed by atoms with Crippen LogP contribution in [0.15, 0.2) is 102 Å². The molecule has 8 heteroatoms. The maximum absolute atomic E-state index is 13.3. The zero-order valence-electron chi connectivity index (χ0n) is 21.7. The van der Waals surface area contributed by atoms with Crippen LogP contribution in [0.25, 0.3) is 22.2 Å². The number of fused-ring (bicyclic) bond motifs is 1. The maximum Gasteiger partial charge on any atom is 0.261 e. The average Bonchev–Trinajstić information content (AvgIpc) is 3.64. The molecule has 2 aromatic heterocycles. The minimum Gasteiger partial charge on any atom is -0.497 e. The molecular formula is C31H30N4O3S. The number of benzene rings is 3. The summed E-state index contributed by atoms with van der Waals surface area (Å²) in [6.45, 7) is 2.67. The Balaban J connectivity index is 1.48. The second kappa shape index (κ2) is 10.5. The van der Waals surface area contributed by atoms with Crippen LogP contribution in [0.5, 0.6) is 5.75 Å². The Bertz CT molecular complexity index is 1710. The molecular weight excluding hydrogens is 508 g/mol. The van der Waals surface area contributed by atoms with E-state index in [1.165, 1.54) is 18.5 Å². The van der Waals surface area contributed by atoms with Gasteiger partial charge in [0.2, 0.25) is 0 Å². The van der Waals surface area contributed by atoms with Crippen molar-refractivity contribution in [2.45, 2.75) is 24.3 Å². The summed E-state index contributed by atoms with van der Waals surface area (Å²) in [5.41, 5.74) is 5.42. The number of nitrogens with one attached hydrogen (secondary N) is 1. The van der Waals surface area contributed by atoms with Crippen LogP contribution in [0.2, 0.25) is 0 Å². The third-order valence-corrected chi connectivity index (χ3v) is 8.58. The second-order valence-electron chi connectivity index (χ2n) is 9.74. The van der Waals surface area contributed by atoms with Crippen LogP contribution >= 0.6 is 0 Å². The lowest BCUT2D eigenvalue weighted by Gasteiger charge is -2.18. The van der Waals surface area contributed by atoms with Crippen molar-refractivity contribution < 1.29 is 13.2 Å². The fourth-order valence-electron chi connectivity index (χ4n) is 5.22. The first-order chi connectivity index (χ1) is 19.0. The Hall–Kier alpha value is -4.30. The molecule has 0 aliphatic carbocycles. The van der Waals surface area contributed by atoms with Crippen molar-refractivity contribution in [2.75, 3.05) is 29.8 Å². The highest BCUT2D eigenvalue weighted by Gasteiger charge is 2.21. The van der Waals surface area contributed by atoms with E-state index in [4.69, 9.17) is 9.72 Å². The first kappa shape index (κ1) is 25.0. The molecule has 1 aliphatic rings. The monoisotopic (exact) mass is 538 g/mol. The third kappa shape index (κ3) is 5.07. The van der Waals surface area contributed by atoms with Crippen LogP contribution < -0.4 is 14.4 Å². The predicted molar refractivity (Wildman–Crippen MR) is 156 cm³/mol. The lowest BCUT2D eigenvalue weighted by molar-refractivity contribution is 0.414. The van der Waals surface area contributed by atoms with Gasteiger partial charge in [0.05, 0.1) is 23.1 Å². The van der Waals surface area contributed by atoms with Gasteiger partial charge < -0.3 is 14.2 Å². The van der Waals surface area contributed by atoms with E-state index in [2.05, 4.69) is 44.7 Å². The van der Waals surface area contributed by atoms with E-state index in [1.807, 2.05) is 24.3 Å². The summed E-state index contributed by atoms with van der Waals surface area (Å²) in [5.74, 6) is 0.797. The van der Waals surface area contributed by atoms with E-state index in [9.17, 15) is 8.42 Å². The van der Waals surface area contributed by atoms with Crippen molar-refractivity contribution in [1.82, 2.24) is 9.55 Å². The normalized spacial score (nSPS) is 13.6. The molecule has 0 atom stereocenters. The Morgan fingerprint density at radius 2 is 1.69 bits per heavy atom. The van der Waals surface area contributed by atoms with Crippen molar-refractivity contribution in [1.29, 1.82) is 0 Å². The predicted octanol–water partition coefficient (Wildman–Crippen LogP) is 6.16. The van der Waals surface area contributed by atoms with Crippen LogP contribution in [0.3, 0.4) is 0 Å². The number of nitrogens with zero attached hydrogens (tertiary/aromatic N) is 3. The molecule has 3 aromatic carbocycles. The number of aromatic nitrogens is 2. The van der Waals surface area contributed by atoms with Gasteiger partial charge >= 0.3 is 0 Å². The van der Waals surface area contributed by atoms with Gasteiger partial charge in [-0.25, -0.2) is 13.4 Å². The molecule has 0 saturated carbocycles. The smallest absolute Gasteiger partial charge is 0.261 e. The lowest BCUT2D eigenvalue weighted by atomic mass is 10.0. The van der Waals surface area contributed by atoms with E-state index in [0.29, 0.717) is 17.9 Å². The van der Waals surface area contributed by atoms with E-state index >= 15 is 0 Å². The van der Waals surface area contributed by atoms with Gasteiger partial charge in [-0.2, -0.15) is 0 Å². The Labute approximate surface area is 228 Å². The summed E-state index contributed by atoms with van der Waals surface area (Å²) in [7, 11) is -2.14. The molecule has 1 N–H and O–H groups in total. The third-order valence-electron chi connectivity index (χ3n) is 7.20. The largest absolute Gasteiger partial charge is 0.497 e. The molecule has 3 heterocycles. The molecule has 0 unspecified atom stereocenters. The number of anilines is 2. The molecule has 6 rings (SSSR count). The van der Waals surface area contributed by atoms with Crippen molar-refractivity contribution in [3.63, 3.8) is 0 Å². The highest BCUT2D eigenvalue weighted by molar-refractivity contribution is 7.92. The van der Waals surface area contributed by atoms with Crippen molar-refractivity contribution in [3.05, 3.63) is 103 Å². The van der Waals surface area contributed by atoms with Gasteiger partial charge in [0.15, 0.2) is 0 Å². The minimum absolute atomic E-state index is 0.213. The highest BCUT2D eigenvalue weighted by atomic mass is 32.2. The van der Waals surface area contributed by atoms with Gasteiger partial charge in [0, 0.05) is 43.3 Å². The van der Waals surface area contributed by atoms with Gasteiger partial charge in [0.1, 0.15) is 11.4 Å². The summed E-state index contributed by atoms with van der Waals surface area (Å²) in [5, 5.41) is 0.768. The van der Waals surface area contributed by atoms with Crippen molar-refractivity contribution >= 4 is 32.4 Å². The van der Waals surface area contributed by atoms with Gasteiger partial charge in [-0.05, 0) is 66.4 Å². The number of ether oxygens (including phenoxy) is 1. The van der Waals surface area contributed by atoms with E-state index < -0.39 is 10.0 Å². The summed E-state index contributed by atoms with van der Waals surface area (Å²) < 4.78 is 36.9. The number of hydrogen-bond acceptors (Lipinski definition) is 5. The number of methoxy groups -OCH3 is 1. The Morgan fingerprint density at radius 3 is 2.44 bits per heavy atom. The van der Waals surface area contributed by atoms with E-state index in [0.717, 1.165) is 40.9 Å². The first-order valence-electron chi connectivity index (χ1n) is 13.1. The summed E-state index contributed by atoms with van der Waals surface area (Å²) in [6.07, 6.45) is 6.12. The SMILES string of the molecule is COc1ccc(Cn2cc(-c3cccc(N4CCCC4)c3)c3c(NS(=O)(=O)c4ccccc4)ccnc32)cc1. The number of pyridine rings is 1. The quantitative estimate of drug-likeness (QED) is 0.256. The molecule has 0 spiro atoms. The average molecular weight is 539 g/mol. The molecule has 1 aliphatic heterocycles. The van der Waals surface area contributed by atoms with E-state index in [1.54, 1.807) is 49.7 Å².